The Kier molecular flexibility index (Phi) is 5.31. The van der Waals surface area contributed by atoms with E-state index in [1.807, 2.05) is 12.1 Å². The van der Waals surface area contributed by atoms with Gasteiger partial charge in [0.1, 0.15) is 5.69 Å². The van der Waals surface area contributed by atoms with Crippen LogP contribution in [0.3, 0.4) is 0 Å². The van der Waals surface area contributed by atoms with Crippen molar-refractivity contribution in [3.05, 3.63) is 29.6 Å². The number of hydrogen-bond donors (Lipinski definition) is 3. The van der Waals surface area contributed by atoms with E-state index in [0.717, 1.165) is 24.6 Å². The SMILES string of the molecule is CN1CCCC(CNCc2ccnc(C(N)=NO)c2)C1. The third-order valence-corrected chi connectivity index (χ3v) is 3.68. The van der Waals surface area contributed by atoms with Gasteiger partial charge in [-0.15, -0.1) is 0 Å². The standard InChI is InChI=1S/C14H23N5O/c1-19-6-2-3-12(10-19)9-16-8-11-4-5-17-13(7-11)14(15)18-20/h4-5,7,12,16,20H,2-3,6,8-10H2,1H3,(H2,15,18). The number of pyridine rings is 1. The number of rotatable bonds is 5. The molecule has 0 aliphatic carbocycles. The first-order valence-corrected chi connectivity index (χ1v) is 7.01. The average molecular weight is 277 g/mol. The van der Waals surface area contributed by atoms with Gasteiger partial charge in [0.25, 0.3) is 0 Å². The van der Waals surface area contributed by atoms with Crippen molar-refractivity contribution in [3.8, 4) is 0 Å². The van der Waals surface area contributed by atoms with E-state index >= 15 is 0 Å². The van der Waals surface area contributed by atoms with Crippen LogP contribution in [-0.2, 0) is 6.54 Å². The molecule has 2 heterocycles. The summed E-state index contributed by atoms with van der Waals surface area (Å²) in [4.78, 5) is 6.46. The molecule has 1 aromatic heterocycles. The van der Waals surface area contributed by atoms with Crippen molar-refractivity contribution in [3.63, 3.8) is 0 Å². The highest BCUT2D eigenvalue weighted by Gasteiger charge is 2.16. The second kappa shape index (κ2) is 7.21. The smallest absolute Gasteiger partial charge is 0.188 e. The predicted octanol–water partition coefficient (Wildman–Crippen LogP) is 0.608. The maximum absolute atomic E-state index is 8.65. The second-order valence-electron chi connectivity index (χ2n) is 5.44. The number of likely N-dealkylation sites (tertiary alicyclic amines) is 1. The fraction of sp³-hybridized carbons (Fsp3) is 0.571. The fourth-order valence-corrected chi connectivity index (χ4v) is 2.64. The van der Waals surface area contributed by atoms with Crippen molar-refractivity contribution in [1.82, 2.24) is 15.2 Å². The molecule has 6 nitrogen and oxygen atoms in total. The molecule has 1 fully saturated rings. The number of nitrogens with zero attached hydrogens (tertiary/aromatic N) is 3. The third kappa shape index (κ3) is 4.18. The number of hydrogen-bond acceptors (Lipinski definition) is 5. The van der Waals surface area contributed by atoms with Crippen LogP contribution in [0.2, 0.25) is 0 Å². The average Bonchev–Trinajstić information content (AvgIpc) is 2.47. The van der Waals surface area contributed by atoms with Gasteiger partial charge in [-0.05, 0) is 56.6 Å². The van der Waals surface area contributed by atoms with Crippen molar-refractivity contribution in [2.24, 2.45) is 16.8 Å². The van der Waals surface area contributed by atoms with Gasteiger partial charge in [-0.1, -0.05) is 5.16 Å². The summed E-state index contributed by atoms with van der Waals surface area (Å²) in [5, 5.41) is 15.1. The van der Waals surface area contributed by atoms with Crippen LogP contribution >= 0.6 is 0 Å². The zero-order chi connectivity index (χ0) is 14.4. The Morgan fingerprint density at radius 1 is 1.65 bits per heavy atom. The molecule has 6 heteroatoms. The maximum atomic E-state index is 8.65. The molecule has 1 atom stereocenters. The Labute approximate surface area is 119 Å². The molecule has 1 aliphatic rings. The molecule has 1 saturated heterocycles. The van der Waals surface area contributed by atoms with E-state index < -0.39 is 0 Å². The van der Waals surface area contributed by atoms with Gasteiger partial charge in [0.2, 0.25) is 0 Å². The van der Waals surface area contributed by atoms with E-state index in [-0.39, 0.29) is 5.84 Å². The first-order valence-electron chi connectivity index (χ1n) is 7.01. The highest BCUT2D eigenvalue weighted by molar-refractivity contribution is 5.95. The lowest BCUT2D eigenvalue weighted by atomic mass is 9.98. The first kappa shape index (κ1) is 14.7. The molecular formula is C14H23N5O. The van der Waals surface area contributed by atoms with Gasteiger partial charge in [-0.25, -0.2) is 0 Å². The van der Waals surface area contributed by atoms with E-state index in [0.29, 0.717) is 5.69 Å². The van der Waals surface area contributed by atoms with Gasteiger partial charge in [0, 0.05) is 19.3 Å². The van der Waals surface area contributed by atoms with Crippen molar-refractivity contribution >= 4 is 5.84 Å². The van der Waals surface area contributed by atoms with Crippen molar-refractivity contribution in [2.45, 2.75) is 19.4 Å². The minimum Gasteiger partial charge on any atom is -0.409 e. The Hall–Kier alpha value is -1.66. The number of amidine groups is 1. The molecule has 1 aliphatic heterocycles. The summed E-state index contributed by atoms with van der Waals surface area (Å²) in [7, 11) is 2.18. The van der Waals surface area contributed by atoms with Gasteiger partial charge < -0.3 is 21.2 Å². The zero-order valence-electron chi connectivity index (χ0n) is 11.9. The number of piperidine rings is 1. The zero-order valence-corrected chi connectivity index (χ0v) is 11.9. The molecule has 0 bridgehead atoms. The number of aromatic nitrogens is 1. The Balaban J connectivity index is 1.82. The maximum Gasteiger partial charge on any atom is 0.188 e. The molecule has 110 valence electrons. The Bertz CT molecular complexity index is 463. The molecule has 1 aromatic rings. The lowest BCUT2D eigenvalue weighted by Gasteiger charge is -2.29. The van der Waals surface area contributed by atoms with Crippen LogP contribution in [0.4, 0.5) is 0 Å². The van der Waals surface area contributed by atoms with Crippen LogP contribution < -0.4 is 11.1 Å². The van der Waals surface area contributed by atoms with E-state index in [1.165, 1.54) is 25.9 Å². The van der Waals surface area contributed by atoms with Crippen LogP contribution in [-0.4, -0.2) is 47.6 Å². The van der Waals surface area contributed by atoms with Crippen LogP contribution in [0.1, 0.15) is 24.1 Å². The summed E-state index contributed by atoms with van der Waals surface area (Å²) in [5.41, 5.74) is 7.13. The topological polar surface area (TPSA) is 86.8 Å². The molecule has 0 radical (unpaired) electrons. The summed E-state index contributed by atoms with van der Waals surface area (Å²) in [6.45, 7) is 4.17. The number of oxime groups is 1. The van der Waals surface area contributed by atoms with Crippen molar-refractivity contribution in [1.29, 1.82) is 0 Å². The monoisotopic (exact) mass is 277 g/mol. The molecule has 0 saturated carbocycles. The van der Waals surface area contributed by atoms with E-state index in [1.54, 1.807) is 6.20 Å². The van der Waals surface area contributed by atoms with Gasteiger partial charge in [-0.3, -0.25) is 4.98 Å². The fourth-order valence-electron chi connectivity index (χ4n) is 2.64. The molecule has 4 N–H and O–H groups in total. The van der Waals surface area contributed by atoms with Crippen LogP contribution in [0.5, 0.6) is 0 Å². The molecular weight excluding hydrogens is 254 g/mol. The van der Waals surface area contributed by atoms with Crippen LogP contribution in [0.25, 0.3) is 0 Å². The van der Waals surface area contributed by atoms with Gasteiger partial charge in [0.15, 0.2) is 5.84 Å². The quantitative estimate of drug-likeness (QED) is 0.318. The van der Waals surface area contributed by atoms with Gasteiger partial charge >= 0.3 is 0 Å². The van der Waals surface area contributed by atoms with E-state index in [2.05, 4.69) is 27.4 Å². The van der Waals surface area contributed by atoms with Crippen molar-refractivity contribution < 1.29 is 5.21 Å². The number of nitrogens with one attached hydrogen (secondary N) is 1. The van der Waals surface area contributed by atoms with Gasteiger partial charge in [-0.2, -0.15) is 0 Å². The van der Waals surface area contributed by atoms with E-state index in [9.17, 15) is 0 Å². The van der Waals surface area contributed by atoms with Crippen LogP contribution in [0.15, 0.2) is 23.5 Å². The predicted molar refractivity (Wildman–Crippen MR) is 78.7 cm³/mol. The lowest BCUT2D eigenvalue weighted by Crippen LogP contribution is -2.37. The third-order valence-electron chi connectivity index (χ3n) is 3.68. The van der Waals surface area contributed by atoms with Crippen molar-refractivity contribution in [2.75, 3.05) is 26.7 Å². The molecule has 1 unspecified atom stereocenters. The minimum atomic E-state index is 0.0424. The molecule has 0 spiro atoms. The number of nitrogens with two attached hydrogens (primary N) is 1. The lowest BCUT2D eigenvalue weighted by molar-refractivity contribution is 0.206. The normalized spacial score (nSPS) is 21.1. The van der Waals surface area contributed by atoms with Crippen LogP contribution in [0, 0.1) is 5.92 Å². The highest BCUT2D eigenvalue weighted by Crippen LogP contribution is 2.14. The molecule has 2 rings (SSSR count). The summed E-state index contributed by atoms with van der Waals surface area (Å²) < 4.78 is 0. The first-order chi connectivity index (χ1) is 9.69. The molecule has 20 heavy (non-hydrogen) atoms. The molecule has 0 amide bonds. The van der Waals surface area contributed by atoms with E-state index in [4.69, 9.17) is 10.9 Å². The van der Waals surface area contributed by atoms with Gasteiger partial charge in [0.05, 0.1) is 0 Å². The Morgan fingerprint density at radius 3 is 3.25 bits per heavy atom. The minimum absolute atomic E-state index is 0.0424. The summed E-state index contributed by atoms with van der Waals surface area (Å²) >= 11 is 0. The summed E-state index contributed by atoms with van der Waals surface area (Å²) in [6.07, 6.45) is 4.26. The molecule has 0 aromatic carbocycles. The largest absolute Gasteiger partial charge is 0.409 e. The summed E-state index contributed by atoms with van der Waals surface area (Å²) in [5.74, 6) is 0.764. The summed E-state index contributed by atoms with van der Waals surface area (Å²) in [6, 6.07) is 3.78. The second-order valence-corrected chi connectivity index (χ2v) is 5.44. The highest BCUT2D eigenvalue weighted by atomic mass is 16.4. The Morgan fingerprint density at radius 2 is 2.50 bits per heavy atom.